The fraction of sp³-hybridized carbons (Fsp3) is 0.111. The number of hydrogen-bond acceptors (Lipinski definition) is 1. The molecule has 60 valence electrons. The van der Waals surface area contributed by atoms with Crippen LogP contribution in [0.1, 0.15) is 0 Å². The van der Waals surface area contributed by atoms with Crippen LogP contribution in [-0.4, -0.2) is 11.6 Å². The molecular formula is C9H6BrNO. The average molecular weight is 224 g/mol. The van der Waals surface area contributed by atoms with Gasteiger partial charge in [0, 0.05) is 16.5 Å². The molecule has 0 radical (unpaired) electrons. The van der Waals surface area contributed by atoms with Gasteiger partial charge in [-0.05, 0) is 22.0 Å². The number of nitrogens with zero attached hydrogens (tertiary/aromatic N) is 1. The number of fused-ring (bicyclic) bond motifs is 1. The minimum atomic E-state index is -0.179. The first kappa shape index (κ1) is 7.68. The number of hydrogen-bond donors (Lipinski definition) is 0. The van der Waals surface area contributed by atoms with Gasteiger partial charge in [-0.1, -0.05) is 18.2 Å². The van der Waals surface area contributed by atoms with E-state index in [4.69, 9.17) is 0 Å². The van der Waals surface area contributed by atoms with Crippen molar-refractivity contribution in [2.24, 2.45) is 10.9 Å². The number of allylic oxidation sites excluding steroid dienone is 5. The summed E-state index contributed by atoms with van der Waals surface area (Å²) in [4.78, 5) is 14.8. The molecule has 2 nitrogen and oxygen atoms in total. The highest BCUT2D eigenvalue weighted by atomic mass is 79.9. The lowest BCUT2D eigenvalue weighted by Crippen LogP contribution is -2.18. The van der Waals surface area contributed by atoms with Gasteiger partial charge in [0.05, 0.1) is 5.71 Å². The largest absolute Gasteiger partial charge is 0.269 e. The molecule has 1 aliphatic heterocycles. The molecule has 0 aromatic carbocycles. The van der Waals surface area contributed by atoms with Crippen molar-refractivity contribution in [1.29, 1.82) is 0 Å². The van der Waals surface area contributed by atoms with E-state index in [9.17, 15) is 4.79 Å². The third-order valence-electron chi connectivity index (χ3n) is 1.80. The summed E-state index contributed by atoms with van der Waals surface area (Å²) in [6.45, 7) is 0. The predicted octanol–water partition coefficient (Wildman–Crippen LogP) is 1.99. The van der Waals surface area contributed by atoms with E-state index in [2.05, 4.69) is 20.9 Å². The Bertz CT molecular complexity index is 348. The Morgan fingerprint density at radius 3 is 3.08 bits per heavy atom. The summed E-state index contributed by atoms with van der Waals surface area (Å²) in [7, 11) is 0. The molecule has 1 heterocycles. The van der Waals surface area contributed by atoms with E-state index < -0.39 is 0 Å². The van der Waals surface area contributed by atoms with Crippen LogP contribution in [0.2, 0.25) is 0 Å². The number of amides is 1. The SMILES string of the molecule is O=C1C=CC2C=CC=C(Br)C2=N1. The average Bonchev–Trinajstić information content (AvgIpc) is 2.07. The van der Waals surface area contributed by atoms with Crippen LogP contribution in [0.3, 0.4) is 0 Å². The van der Waals surface area contributed by atoms with Crippen LogP contribution < -0.4 is 0 Å². The Balaban J connectivity index is 2.44. The van der Waals surface area contributed by atoms with Crippen molar-refractivity contribution in [2.75, 3.05) is 0 Å². The minimum absolute atomic E-state index is 0.169. The van der Waals surface area contributed by atoms with Crippen molar-refractivity contribution in [3.63, 3.8) is 0 Å². The minimum Gasteiger partial charge on any atom is -0.267 e. The summed E-state index contributed by atoms with van der Waals surface area (Å²) in [5.74, 6) is -0.0102. The molecule has 0 bridgehead atoms. The van der Waals surface area contributed by atoms with Gasteiger partial charge in [-0.25, -0.2) is 4.99 Å². The van der Waals surface area contributed by atoms with Crippen molar-refractivity contribution < 1.29 is 4.79 Å². The lowest BCUT2D eigenvalue weighted by atomic mass is 9.96. The molecule has 1 unspecified atom stereocenters. The molecule has 0 fully saturated rings. The highest BCUT2D eigenvalue weighted by molar-refractivity contribution is 9.12. The van der Waals surface area contributed by atoms with E-state index in [1.165, 1.54) is 6.08 Å². The predicted molar refractivity (Wildman–Crippen MR) is 51.2 cm³/mol. The van der Waals surface area contributed by atoms with Gasteiger partial charge in [-0.3, -0.25) is 4.79 Å². The summed E-state index contributed by atoms with van der Waals surface area (Å²) in [5, 5.41) is 0. The van der Waals surface area contributed by atoms with E-state index in [0.29, 0.717) is 0 Å². The second-order valence-corrected chi connectivity index (χ2v) is 3.47. The topological polar surface area (TPSA) is 29.4 Å². The number of rotatable bonds is 0. The lowest BCUT2D eigenvalue weighted by Gasteiger charge is -2.16. The molecule has 3 heteroatoms. The highest BCUT2D eigenvalue weighted by Gasteiger charge is 2.19. The fourth-order valence-electron chi connectivity index (χ4n) is 1.22. The molecule has 1 aliphatic carbocycles. The Labute approximate surface area is 78.5 Å². The van der Waals surface area contributed by atoms with E-state index in [1.54, 1.807) is 0 Å². The van der Waals surface area contributed by atoms with Crippen molar-refractivity contribution in [1.82, 2.24) is 0 Å². The van der Waals surface area contributed by atoms with Gasteiger partial charge >= 0.3 is 0 Å². The lowest BCUT2D eigenvalue weighted by molar-refractivity contribution is -0.113. The second-order valence-electron chi connectivity index (χ2n) is 2.62. The van der Waals surface area contributed by atoms with Crippen LogP contribution in [0.5, 0.6) is 0 Å². The molecule has 0 saturated heterocycles. The van der Waals surface area contributed by atoms with Crippen LogP contribution in [0, 0.1) is 5.92 Å². The molecular weight excluding hydrogens is 218 g/mol. The first-order valence-corrected chi connectivity index (χ1v) is 4.42. The van der Waals surface area contributed by atoms with E-state index in [-0.39, 0.29) is 11.8 Å². The number of halogens is 1. The maximum absolute atomic E-state index is 10.9. The zero-order valence-electron chi connectivity index (χ0n) is 6.20. The van der Waals surface area contributed by atoms with Crippen molar-refractivity contribution in [3.05, 3.63) is 34.9 Å². The van der Waals surface area contributed by atoms with E-state index in [1.807, 2.05) is 24.3 Å². The standard InChI is InChI=1S/C9H6BrNO/c10-7-3-1-2-6-4-5-8(12)11-9(6)7/h1-6H. The summed E-state index contributed by atoms with van der Waals surface area (Å²) in [5.41, 5.74) is 0.810. The molecule has 0 aromatic heterocycles. The maximum atomic E-state index is 10.9. The highest BCUT2D eigenvalue weighted by Crippen LogP contribution is 2.24. The zero-order chi connectivity index (χ0) is 8.55. The first-order chi connectivity index (χ1) is 5.77. The molecule has 12 heavy (non-hydrogen) atoms. The molecule has 1 atom stereocenters. The van der Waals surface area contributed by atoms with Crippen molar-refractivity contribution in [2.45, 2.75) is 0 Å². The normalized spacial score (nSPS) is 26.4. The molecule has 0 N–H and O–H groups in total. The molecule has 1 amide bonds. The van der Waals surface area contributed by atoms with Crippen LogP contribution in [0.25, 0.3) is 0 Å². The number of carbonyl (C=O) groups is 1. The first-order valence-electron chi connectivity index (χ1n) is 3.62. The van der Waals surface area contributed by atoms with Crippen molar-refractivity contribution in [3.8, 4) is 0 Å². The molecule has 0 saturated carbocycles. The van der Waals surface area contributed by atoms with Gasteiger partial charge in [0.25, 0.3) is 5.91 Å². The summed E-state index contributed by atoms with van der Waals surface area (Å²) in [6, 6.07) is 0. The molecule has 2 aliphatic rings. The summed E-state index contributed by atoms with van der Waals surface area (Å²) < 4.78 is 0.896. The number of carbonyl (C=O) groups excluding carboxylic acids is 1. The summed E-state index contributed by atoms with van der Waals surface area (Å²) >= 11 is 3.35. The van der Waals surface area contributed by atoms with Crippen molar-refractivity contribution >= 4 is 27.5 Å². The second kappa shape index (κ2) is 2.83. The molecule has 0 aromatic rings. The van der Waals surface area contributed by atoms with Gasteiger partial charge in [-0.15, -0.1) is 0 Å². The Morgan fingerprint density at radius 1 is 1.42 bits per heavy atom. The number of aliphatic imine (C=N–C) groups is 1. The van der Waals surface area contributed by atoms with Gasteiger partial charge in [0.2, 0.25) is 0 Å². The van der Waals surface area contributed by atoms with E-state index in [0.717, 1.165) is 10.2 Å². The zero-order valence-corrected chi connectivity index (χ0v) is 7.78. The third-order valence-corrected chi connectivity index (χ3v) is 2.47. The Hall–Kier alpha value is -0.960. The van der Waals surface area contributed by atoms with Crippen LogP contribution in [-0.2, 0) is 4.79 Å². The molecule has 2 rings (SSSR count). The maximum Gasteiger partial charge on any atom is 0.269 e. The molecule has 0 spiro atoms. The van der Waals surface area contributed by atoms with Crippen LogP contribution in [0.15, 0.2) is 39.9 Å². The van der Waals surface area contributed by atoms with Gasteiger partial charge < -0.3 is 0 Å². The van der Waals surface area contributed by atoms with Gasteiger partial charge in [-0.2, -0.15) is 0 Å². The monoisotopic (exact) mass is 223 g/mol. The number of dihydropyridines is 1. The van der Waals surface area contributed by atoms with Gasteiger partial charge in [0.15, 0.2) is 0 Å². The smallest absolute Gasteiger partial charge is 0.267 e. The van der Waals surface area contributed by atoms with Crippen LogP contribution in [0.4, 0.5) is 0 Å². The van der Waals surface area contributed by atoms with E-state index >= 15 is 0 Å². The Kier molecular flexibility index (Phi) is 1.81. The quantitative estimate of drug-likeness (QED) is 0.618. The van der Waals surface area contributed by atoms with Crippen LogP contribution >= 0.6 is 15.9 Å². The Morgan fingerprint density at radius 2 is 2.25 bits per heavy atom. The fourth-order valence-corrected chi connectivity index (χ4v) is 1.73. The van der Waals surface area contributed by atoms with Gasteiger partial charge in [0.1, 0.15) is 0 Å². The third kappa shape index (κ3) is 1.20. The summed E-state index contributed by atoms with van der Waals surface area (Å²) in [6.07, 6.45) is 9.21.